The van der Waals surface area contributed by atoms with E-state index in [1.54, 1.807) is 25.7 Å². The summed E-state index contributed by atoms with van der Waals surface area (Å²) in [6.45, 7) is 8.17. The zero-order valence-electron chi connectivity index (χ0n) is 14.4. The standard InChI is InChI=1S/C16H27N3O2S/c1-7-11(3)9-10-22-13(8-2)17-14-12(4)18(5)16(21)19(6)15(14)20/h8,11,17H,7,9-10H2,1-6H3/b13-8+. The maximum absolute atomic E-state index is 12.3. The first-order valence-corrected chi connectivity index (χ1v) is 8.64. The van der Waals surface area contributed by atoms with Gasteiger partial charge in [-0.05, 0) is 31.9 Å². The van der Waals surface area contributed by atoms with Crippen molar-refractivity contribution >= 4 is 17.4 Å². The van der Waals surface area contributed by atoms with Crippen LogP contribution in [0.1, 0.15) is 39.3 Å². The summed E-state index contributed by atoms with van der Waals surface area (Å²) in [6.07, 6.45) is 4.29. The molecule has 0 spiro atoms. The predicted molar refractivity (Wildman–Crippen MR) is 95.6 cm³/mol. The average Bonchev–Trinajstić information content (AvgIpc) is 2.53. The predicted octanol–water partition coefficient (Wildman–Crippen LogP) is 2.84. The number of aromatic nitrogens is 2. The van der Waals surface area contributed by atoms with E-state index in [1.807, 2.05) is 13.0 Å². The second kappa shape index (κ2) is 8.27. The first-order valence-electron chi connectivity index (χ1n) is 7.66. The largest absolute Gasteiger partial charge is 0.345 e. The van der Waals surface area contributed by atoms with Crippen LogP contribution in [0.4, 0.5) is 5.69 Å². The zero-order chi connectivity index (χ0) is 16.9. The van der Waals surface area contributed by atoms with Crippen LogP contribution < -0.4 is 16.6 Å². The number of anilines is 1. The molecular weight excluding hydrogens is 298 g/mol. The Morgan fingerprint density at radius 1 is 1.32 bits per heavy atom. The lowest BCUT2D eigenvalue weighted by atomic mass is 10.1. The van der Waals surface area contributed by atoms with E-state index in [0.717, 1.165) is 21.8 Å². The minimum absolute atomic E-state index is 0.289. The summed E-state index contributed by atoms with van der Waals surface area (Å²) >= 11 is 1.71. The normalized spacial score (nSPS) is 13.3. The number of nitrogens with zero attached hydrogens (tertiary/aromatic N) is 2. The number of allylic oxidation sites excluding steroid dienone is 1. The number of nitrogens with one attached hydrogen (secondary N) is 1. The third-order valence-electron chi connectivity index (χ3n) is 4.03. The lowest BCUT2D eigenvalue weighted by Gasteiger charge is -2.16. The molecule has 0 aromatic carbocycles. The minimum atomic E-state index is -0.306. The summed E-state index contributed by atoms with van der Waals surface area (Å²) in [5, 5.41) is 4.14. The van der Waals surface area contributed by atoms with Gasteiger partial charge in [0.15, 0.2) is 0 Å². The van der Waals surface area contributed by atoms with Gasteiger partial charge < -0.3 is 5.32 Å². The second-order valence-corrected chi connectivity index (χ2v) is 6.73. The van der Waals surface area contributed by atoms with E-state index in [1.165, 1.54) is 18.0 Å². The maximum Gasteiger partial charge on any atom is 0.330 e. The lowest BCUT2D eigenvalue weighted by Crippen LogP contribution is -2.39. The van der Waals surface area contributed by atoms with Crippen LogP contribution in [0.5, 0.6) is 0 Å². The van der Waals surface area contributed by atoms with Gasteiger partial charge in [0.05, 0.1) is 5.03 Å². The number of hydrogen-bond donors (Lipinski definition) is 1. The van der Waals surface area contributed by atoms with E-state index < -0.39 is 0 Å². The van der Waals surface area contributed by atoms with Crippen molar-refractivity contribution in [3.63, 3.8) is 0 Å². The van der Waals surface area contributed by atoms with Crippen molar-refractivity contribution < 1.29 is 0 Å². The fourth-order valence-corrected chi connectivity index (χ4v) is 3.06. The van der Waals surface area contributed by atoms with Crippen LogP contribution in [-0.2, 0) is 14.1 Å². The Labute approximate surface area is 136 Å². The molecule has 1 heterocycles. The van der Waals surface area contributed by atoms with Gasteiger partial charge in [0, 0.05) is 19.8 Å². The monoisotopic (exact) mass is 325 g/mol. The molecule has 1 atom stereocenters. The molecule has 0 aliphatic rings. The molecule has 0 amide bonds. The molecule has 0 bridgehead atoms. The summed E-state index contributed by atoms with van der Waals surface area (Å²) in [5.41, 5.74) is 0.519. The van der Waals surface area contributed by atoms with Gasteiger partial charge in [-0.1, -0.05) is 26.3 Å². The fourth-order valence-electron chi connectivity index (χ4n) is 1.98. The summed E-state index contributed by atoms with van der Waals surface area (Å²) in [4.78, 5) is 24.2. The third-order valence-corrected chi connectivity index (χ3v) is 5.12. The van der Waals surface area contributed by atoms with Gasteiger partial charge in [0.25, 0.3) is 5.56 Å². The Morgan fingerprint density at radius 3 is 2.50 bits per heavy atom. The molecule has 1 rings (SSSR count). The first-order chi connectivity index (χ1) is 10.3. The fraction of sp³-hybridized carbons (Fsp3) is 0.625. The van der Waals surface area contributed by atoms with Crippen molar-refractivity contribution in [3.05, 3.63) is 37.6 Å². The summed E-state index contributed by atoms with van der Waals surface area (Å²) < 4.78 is 2.62. The molecule has 1 aromatic heterocycles. The molecule has 0 radical (unpaired) electrons. The van der Waals surface area contributed by atoms with Gasteiger partial charge in [-0.15, -0.1) is 11.8 Å². The van der Waals surface area contributed by atoms with Gasteiger partial charge in [-0.25, -0.2) is 4.79 Å². The van der Waals surface area contributed by atoms with Crippen LogP contribution in [0.15, 0.2) is 20.7 Å². The van der Waals surface area contributed by atoms with Gasteiger partial charge in [0.2, 0.25) is 0 Å². The van der Waals surface area contributed by atoms with Crippen LogP contribution in [-0.4, -0.2) is 14.9 Å². The van der Waals surface area contributed by atoms with E-state index in [9.17, 15) is 9.59 Å². The SMILES string of the molecule is C/C=C(\Nc1c(C)n(C)c(=O)n(C)c1=O)SCCC(C)CC. The van der Waals surface area contributed by atoms with Crippen molar-refractivity contribution in [1.82, 2.24) is 9.13 Å². The molecule has 0 saturated heterocycles. The van der Waals surface area contributed by atoms with Crippen molar-refractivity contribution in [2.45, 2.75) is 40.5 Å². The van der Waals surface area contributed by atoms with E-state index in [0.29, 0.717) is 17.3 Å². The van der Waals surface area contributed by atoms with Crippen molar-refractivity contribution in [1.29, 1.82) is 0 Å². The second-order valence-electron chi connectivity index (χ2n) is 5.59. The van der Waals surface area contributed by atoms with Gasteiger partial charge in [-0.3, -0.25) is 13.9 Å². The molecule has 6 heteroatoms. The topological polar surface area (TPSA) is 56.0 Å². The number of rotatable bonds is 7. The van der Waals surface area contributed by atoms with Crippen LogP contribution in [0.2, 0.25) is 0 Å². The van der Waals surface area contributed by atoms with Crippen molar-refractivity contribution in [2.24, 2.45) is 20.0 Å². The van der Waals surface area contributed by atoms with Crippen LogP contribution in [0.3, 0.4) is 0 Å². The van der Waals surface area contributed by atoms with Crippen LogP contribution >= 0.6 is 11.8 Å². The average molecular weight is 325 g/mol. The highest BCUT2D eigenvalue weighted by Gasteiger charge is 2.13. The lowest BCUT2D eigenvalue weighted by molar-refractivity contribution is 0.549. The van der Waals surface area contributed by atoms with Gasteiger partial charge in [-0.2, -0.15) is 0 Å². The zero-order valence-corrected chi connectivity index (χ0v) is 15.2. The van der Waals surface area contributed by atoms with Crippen LogP contribution in [0.25, 0.3) is 0 Å². The highest BCUT2D eigenvalue weighted by Crippen LogP contribution is 2.21. The molecule has 1 unspecified atom stereocenters. The quantitative estimate of drug-likeness (QED) is 0.837. The summed E-state index contributed by atoms with van der Waals surface area (Å²) in [7, 11) is 3.17. The number of hydrogen-bond acceptors (Lipinski definition) is 4. The molecule has 0 aliphatic carbocycles. The smallest absolute Gasteiger partial charge is 0.330 e. The molecule has 5 nitrogen and oxygen atoms in total. The third kappa shape index (κ3) is 4.29. The molecular formula is C16H27N3O2S. The minimum Gasteiger partial charge on any atom is -0.345 e. The first kappa shape index (κ1) is 18.6. The Bertz CT molecular complexity index is 659. The molecule has 22 heavy (non-hydrogen) atoms. The Kier molecular flexibility index (Phi) is 7.00. The van der Waals surface area contributed by atoms with Gasteiger partial charge in [0.1, 0.15) is 5.69 Å². The molecule has 0 aliphatic heterocycles. The van der Waals surface area contributed by atoms with Crippen molar-refractivity contribution in [3.8, 4) is 0 Å². The van der Waals surface area contributed by atoms with E-state index in [-0.39, 0.29) is 11.2 Å². The Hall–Kier alpha value is -1.43. The maximum atomic E-state index is 12.3. The highest BCUT2D eigenvalue weighted by atomic mass is 32.2. The Balaban J connectivity index is 2.94. The number of thioether (sulfide) groups is 1. The highest BCUT2D eigenvalue weighted by molar-refractivity contribution is 8.03. The molecule has 124 valence electrons. The van der Waals surface area contributed by atoms with E-state index in [4.69, 9.17) is 0 Å². The molecule has 1 aromatic rings. The Morgan fingerprint density at radius 2 is 1.95 bits per heavy atom. The molecule has 1 N–H and O–H groups in total. The van der Waals surface area contributed by atoms with E-state index >= 15 is 0 Å². The summed E-state index contributed by atoms with van der Waals surface area (Å²) in [6, 6.07) is 0. The van der Waals surface area contributed by atoms with Crippen LogP contribution in [0, 0.1) is 12.8 Å². The van der Waals surface area contributed by atoms with Gasteiger partial charge >= 0.3 is 5.69 Å². The van der Waals surface area contributed by atoms with Crippen molar-refractivity contribution in [2.75, 3.05) is 11.1 Å². The summed E-state index contributed by atoms with van der Waals surface area (Å²) in [5.74, 6) is 1.71. The van der Waals surface area contributed by atoms with E-state index in [2.05, 4.69) is 19.2 Å². The molecule has 0 saturated carbocycles. The molecule has 0 fully saturated rings.